The normalized spacial score (nSPS) is 14.7. The highest BCUT2D eigenvalue weighted by atomic mass is 32.1. The first kappa shape index (κ1) is 31.5. The fourth-order valence-corrected chi connectivity index (χ4v) is 6.83. The average molecular weight is 611 g/mol. The van der Waals surface area contributed by atoms with Crippen molar-refractivity contribution in [2.45, 2.75) is 77.7 Å². The number of carbonyl (C=O) groups is 2. The van der Waals surface area contributed by atoms with Gasteiger partial charge in [-0.05, 0) is 84.2 Å². The van der Waals surface area contributed by atoms with Gasteiger partial charge in [-0.1, -0.05) is 70.7 Å². The van der Waals surface area contributed by atoms with E-state index in [0.717, 1.165) is 57.0 Å². The molecule has 1 unspecified atom stereocenters. The summed E-state index contributed by atoms with van der Waals surface area (Å²) in [4.78, 5) is 33.3. The first-order valence-corrected chi connectivity index (χ1v) is 16.3. The Morgan fingerprint density at radius 1 is 1.02 bits per heavy atom. The zero-order valence-electron chi connectivity index (χ0n) is 26.3. The lowest BCUT2D eigenvalue weighted by Gasteiger charge is -2.19. The Balaban J connectivity index is 1.42. The Morgan fingerprint density at radius 2 is 1.75 bits per heavy atom. The summed E-state index contributed by atoms with van der Waals surface area (Å²) in [5, 5.41) is 4.80. The summed E-state index contributed by atoms with van der Waals surface area (Å²) in [5.74, 6) is 1.16. The number of benzene rings is 2. The molecule has 1 N–H and O–H groups in total. The Bertz CT molecular complexity index is 1640. The van der Waals surface area contributed by atoms with E-state index in [1.807, 2.05) is 61.5 Å². The largest absolute Gasteiger partial charge is 0.467 e. The summed E-state index contributed by atoms with van der Waals surface area (Å²) < 4.78 is 11.3. The Labute approximate surface area is 264 Å². The molecule has 1 amide bonds. The van der Waals surface area contributed by atoms with Crippen molar-refractivity contribution in [2.75, 3.05) is 7.11 Å². The molecule has 1 aliphatic carbocycles. The minimum absolute atomic E-state index is 0.0723. The van der Waals surface area contributed by atoms with Crippen LogP contribution in [0.3, 0.4) is 0 Å². The van der Waals surface area contributed by atoms with E-state index in [1.165, 1.54) is 25.5 Å². The number of thiophene rings is 1. The highest BCUT2D eigenvalue weighted by Gasteiger charge is 2.25. The number of nitrogens with one attached hydrogen (secondary N) is 1. The van der Waals surface area contributed by atoms with Crippen LogP contribution in [0.15, 0.2) is 66.7 Å². The van der Waals surface area contributed by atoms with Crippen molar-refractivity contribution in [2.24, 2.45) is 5.92 Å². The van der Waals surface area contributed by atoms with E-state index in [-0.39, 0.29) is 11.3 Å². The zero-order chi connectivity index (χ0) is 31.3. The molecule has 0 radical (unpaired) electrons. The fraction of sp³-hybridized carbons (Fsp3) is 0.378. The number of hydrogen-bond donors (Lipinski definition) is 1. The molecule has 5 rings (SSSR count). The van der Waals surface area contributed by atoms with Gasteiger partial charge in [0.15, 0.2) is 0 Å². The van der Waals surface area contributed by atoms with Gasteiger partial charge in [-0.15, -0.1) is 11.3 Å². The minimum atomic E-state index is -0.819. The zero-order valence-corrected chi connectivity index (χ0v) is 27.1. The lowest BCUT2D eigenvalue weighted by atomic mass is 9.87. The molecule has 2 aromatic heterocycles. The number of allylic oxidation sites excluding steroid dienone is 1. The molecule has 0 spiro atoms. The monoisotopic (exact) mass is 610 g/mol. The van der Waals surface area contributed by atoms with Crippen LogP contribution in [0.5, 0.6) is 11.5 Å². The number of ether oxygens (including phenoxy) is 2. The van der Waals surface area contributed by atoms with Crippen LogP contribution in [0.4, 0.5) is 0 Å². The Kier molecular flexibility index (Phi) is 9.84. The second kappa shape index (κ2) is 13.8. The number of methoxy groups -OCH3 is 1. The van der Waals surface area contributed by atoms with E-state index in [2.05, 4.69) is 38.2 Å². The van der Waals surface area contributed by atoms with E-state index in [4.69, 9.17) is 14.5 Å². The van der Waals surface area contributed by atoms with Crippen LogP contribution in [-0.2, 0) is 27.8 Å². The third-order valence-corrected chi connectivity index (χ3v) is 9.31. The Hall–Kier alpha value is -3.97. The predicted octanol–water partition coefficient (Wildman–Crippen LogP) is 8.67. The van der Waals surface area contributed by atoms with Crippen molar-refractivity contribution in [1.82, 2.24) is 10.3 Å². The highest BCUT2D eigenvalue weighted by Crippen LogP contribution is 2.33. The molecule has 1 saturated carbocycles. The van der Waals surface area contributed by atoms with Crippen LogP contribution >= 0.6 is 11.3 Å². The lowest BCUT2D eigenvalue weighted by molar-refractivity contribution is -0.142. The predicted molar refractivity (Wildman–Crippen MR) is 179 cm³/mol. The molecule has 4 aromatic rings. The topological polar surface area (TPSA) is 77.5 Å². The van der Waals surface area contributed by atoms with Crippen molar-refractivity contribution in [3.8, 4) is 11.5 Å². The van der Waals surface area contributed by atoms with Gasteiger partial charge in [0, 0.05) is 27.3 Å². The minimum Gasteiger partial charge on any atom is -0.467 e. The number of pyridine rings is 1. The van der Waals surface area contributed by atoms with Gasteiger partial charge >= 0.3 is 5.97 Å². The van der Waals surface area contributed by atoms with E-state index in [9.17, 15) is 9.59 Å². The molecular weight excluding hydrogens is 568 g/mol. The van der Waals surface area contributed by atoms with Crippen molar-refractivity contribution in [3.63, 3.8) is 0 Å². The number of aromatic nitrogens is 1. The quantitative estimate of drug-likeness (QED) is 0.182. The SMILES string of the molecule is CC=Cc1ccc(CC(NC(=O)c2cc3ccc(Oc4ccc(C(C)(C)C)cc4)cc3c(CC3CCCC3)n2)C(=O)OC)s1. The number of amides is 1. The number of fused-ring (bicyclic) bond motifs is 1. The first-order chi connectivity index (χ1) is 21.1. The lowest BCUT2D eigenvalue weighted by Crippen LogP contribution is -2.43. The fourth-order valence-electron chi connectivity index (χ4n) is 5.81. The summed E-state index contributed by atoms with van der Waals surface area (Å²) >= 11 is 1.59. The van der Waals surface area contributed by atoms with Crippen LogP contribution in [-0.4, -0.2) is 30.0 Å². The molecule has 230 valence electrons. The summed E-state index contributed by atoms with van der Waals surface area (Å²) in [6.07, 6.45) is 9.91. The first-order valence-electron chi connectivity index (χ1n) is 15.4. The summed E-state index contributed by atoms with van der Waals surface area (Å²) in [7, 11) is 1.34. The van der Waals surface area contributed by atoms with Crippen molar-refractivity contribution in [1.29, 1.82) is 0 Å². The van der Waals surface area contributed by atoms with Gasteiger partial charge in [-0.3, -0.25) is 4.79 Å². The van der Waals surface area contributed by atoms with Gasteiger partial charge in [0.2, 0.25) is 0 Å². The second-order valence-corrected chi connectivity index (χ2v) is 13.8. The van der Waals surface area contributed by atoms with Crippen molar-refractivity contribution < 1.29 is 19.1 Å². The third-order valence-electron chi connectivity index (χ3n) is 8.24. The maximum atomic E-state index is 13.6. The van der Waals surface area contributed by atoms with Gasteiger partial charge in [-0.2, -0.15) is 0 Å². The van der Waals surface area contributed by atoms with Gasteiger partial charge in [0.1, 0.15) is 23.2 Å². The number of nitrogens with zero attached hydrogens (tertiary/aromatic N) is 1. The molecule has 0 saturated heterocycles. The number of rotatable bonds is 10. The molecule has 7 heteroatoms. The van der Waals surface area contributed by atoms with Gasteiger partial charge in [0.05, 0.1) is 7.11 Å². The highest BCUT2D eigenvalue weighted by molar-refractivity contribution is 7.12. The maximum Gasteiger partial charge on any atom is 0.328 e. The number of carbonyl (C=O) groups excluding carboxylic acids is 2. The molecule has 0 bridgehead atoms. The molecule has 1 fully saturated rings. The smallest absolute Gasteiger partial charge is 0.328 e. The van der Waals surface area contributed by atoms with Crippen LogP contribution in [0.1, 0.15) is 84.9 Å². The van der Waals surface area contributed by atoms with E-state index >= 15 is 0 Å². The van der Waals surface area contributed by atoms with Gasteiger partial charge in [-0.25, -0.2) is 9.78 Å². The molecule has 0 aliphatic heterocycles. The van der Waals surface area contributed by atoms with Crippen LogP contribution in [0.25, 0.3) is 16.8 Å². The molecule has 44 heavy (non-hydrogen) atoms. The average Bonchev–Trinajstić information content (AvgIpc) is 3.68. The number of hydrogen-bond acceptors (Lipinski definition) is 6. The van der Waals surface area contributed by atoms with E-state index < -0.39 is 12.0 Å². The molecule has 6 nitrogen and oxygen atoms in total. The van der Waals surface area contributed by atoms with Crippen LogP contribution in [0, 0.1) is 5.92 Å². The Morgan fingerprint density at radius 3 is 2.43 bits per heavy atom. The number of esters is 1. The summed E-state index contributed by atoms with van der Waals surface area (Å²) in [6.45, 7) is 8.55. The third kappa shape index (κ3) is 7.75. The standard InChI is InChI=1S/C37H42N2O4S/c1-6-9-29-18-19-30(44-29)23-34(36(41)42-5)39-35(40)33-21-25-12-15-28(43-27-16-13-26(14-17-27)37(2,3)4)22-31(25)32(38-33)20-24-10-7-8-11-24/h6,9,12-19,21-22,24,34H,7-8,10-11,20,23H2,1-5H3,(H,39,40). The van der Waals surface area contributed by atoms with E-state index in [0.29, 0.717) is 18.0 Å². The van der Waals surface area contributed by atoms with Gasteiger partial charge in [0.25, 0.3) is 5.91 Å². The molecule has 1 aliphatic rings. The van der Waals surface area contributed by atoms with Crippen LogP contribution in [0.2, 0.25) is 0 Å². The second-order valence-electron chi connectivity index (χ2n) is 12.6. The molecular formula is C37H42N2O4S. The van der Waals surface area contributed by atoms with E-state index in [1.54, 1.807) is 17.4 Å². The van der Waals surface area contributed by atoms with Crippen LogP contribution < -0.4 is 10.1 Å². The summed E-state index contributed by atoms with van der Waals surface area (Å²) in [5.41, 5.74) is 2.51. The summed E-state index contributed by atoms with van der Waals surface area (Å²) in [6, 6.07) is 19.1. The van der Waals surface area contributed by atoms with Crippen molar-refractivity contribution in [3.05, 3.63) is 93.4 Å². The molecule has 2 aromatic carbocycles. The van der Waals surface area contributed by atoms with Gasteiger partial charge < -0.3 is 14.8 Å². The molecule has 2 heterocycles. The van der Waals surface area contributed by atoms with Crippen molar-refractivity contribution >= 4 is 40.1 Å². The maximum absolute atomic E-state index is 13.6. The molecule has 1 atom stereocenters.